The number of sulfone groups is 1. The minimum absolute atomic E-state index is 0.157. The lowest BCUT2D eigenvalue weighted by Gasteiger charge is -2.31. The van der Waals surface area contributed by atoms with E-state index in [1.54, 1.807) is 73.7 Å². The standard InChI is InChI=1S/C34H26O6S/c1-22-20-24(12-18-31(22)35)34(30-11-7-6-10-29(30)33(36)40-34)25-13-19-32(23(2)21-25)39-26-14-16-28(17-15-26)41(37,38)27-8-4-3-5-9-27/h3-21,35H,1-2H3. The van der Waals surface area contributed by atoms with Gasteiger partial charge in [0.2, 0.25) is 9.84 Å². The predicted octanol–water partition coefficient (Wildman–Crippen LogP) is 7.10. The van der Waals surface area contributed by atoms with Crippen molar-refractivity contribution in [2.75, 3.05) is 0 Å². The molecule has 5 aromatic rings. The molecule has 0 aliphatic carbocycles. The van der Waals surface area contributed by atoms with Crippen LogP contribution in [-0.4, -0.2) is 19.5 Å². The predicted molar refractivity (Wildman–Crippen MR) is 154 cm³/mol. The molecule has 0 spiro atoms. The van der Waals surface area contributed by atoms with E-state index in [1.165, 1.54) is 12.1 Å². The van der Waals surface area contributed by atoms with Crippen LogP contribution in [0.1, 0.15) is 38.2 Å². The van der Waals surface area contributed by atoms with Crippen LogP contribution in [0.5, 0.6) is 17.2 Å². The third-order valence-electron chi connectivity index (χ3n) is 7.37. The summed E-state index contributed by atoms with van der Waals surface area (Å²) >= 11 is 0. The molecule has 7 heteroatoms. The van der Waals surface area contributed by atoms with Crippen molar-refractivity contribution in [3.05, 3.63) is 149 Å². The van der Waals surface area contributed by atoms with Crippen LogP contribution in [0.2, 0.25) is 0 Å². The van der Waals surface area contributed by atoms with Crippen LogP contribution in [0.15, 0.2) is 125 Å². The summed E-state index contributed by atoms with van der Waals surface area (Å²) in [5, 5.41) is 10.2. The molecule has 0 fully saturated rings. The van der Waals surface area contributed by atoms with Crippen molar-refractivity contribution in [1.29, 1.82) is 0 Å². The topological polar surface area (TPSA) is 89.9 Å². The van der Waals surface area contributed by atoms with Gasteiger partial charge in [-0.1, -0.05) is 48.5 Å². The van der Waals surface area contributed by atoms with E-state index in [4.69, 9.17) is 9.47 Å². The first-order valence-electron chi connectivity index (χ1n) is 13.0. The average Bonchev–Trinajstić information content (AvgIpc) is 3.29. The molecule has 1 atom stereocenters. The summed E-state index contributed by atoms with van der Waals surface area (Å²) in [4.78, 5) is 13.4. The minimum Gasteiger partial charge on any atom is -0.508 e. The maximum absolute atomic E-state index is 13.0. The lowest BCUT2D eigenvalue weighted by Crippen LogP contribution is -2.29. The summed E-state index contributed by atoms with van der Waals surface area (Å²) < 4.78 is 38.1. The number of hydrogen-bond donors (Lipinski definition) is 1. The maximum Gasteiger partial charge on any atom is 0.340 e. The molecule has 0 bridgehead atoms. The Hall–Kier alpha value is -4.88. The van der Waals surface area contributed by atoms with Gasteiger partial charge < -0.3 is 14.6 Å². The fourth-order valence-corrected chi connectivity index (χ4v) is 6.50. The minimum atomic E-state index is -3.63. The van der Waals surface area contributed by atoms with E-state index in [0.717, 1.165) is 22.3 Å². The Balaban J connectivity index is 1.36. The zero-order chi connectivity index (χ0) is 28.8. The largest absolute Gasteiger partial charge is 0.508 e. The summed E-state index contributed by atoms with van der Waals surface area (Å²) in [5.74, 6) is 0.787. The number of carbonyl (C=O) groups is 1. The molecule has 0 saturated carbocycles. The Morgan fingerprint density at radius 2 is 1.32 bits per heavy atom. The number of fused-ring (bicyclic) bond motifs is 1. The van der Waals surface area contributed by atoms with Gasteiger partial charge in [-0.15, -0.1) is 0 Å². The Labute approximate surface area is 238 Å². The number of phenols is 1. The van der Waals surface area contributed by atoms with Gasteiger partial charge in [0.25, 0.3) is 0 Å². The molecule has 1 N–H and O–H groups in total. The van der Waals surface area contributed by atoms with Gasteiger partial charge in [0, 0.05) is 16.7 Å². The van der Waals surface area contributed by atoms with Crippen LogP contribution < -0.4 is 4.74 Å². The Morgan fingerprint density at radius 1 is 0.707 bits per heavy atom. The Bertz CT molecular complexity index is 1900. The average molecular weight is 563 g/mol. The molecular weight excluding hydrogens is 536 g/mol. The van der Waals surface area contributed by atoms with Crippen LogP contribution in [-0.2, 0) is 20.2 Å². The SMILES string of the molecule is Cc1cc(C2(c3ccc(Oc4ccc(S(=O)(=O)c5ccccc5)cc4)c(C)c3)OC(=O)c3ccccc32)ccc1O. The van der Waals surface area contributed by atoms with E-state index in [2.05, 4.69) is 0 Å². The Kier molecular flexibility index (Phi) is 6.39. The molecule has 0 amide bonds. The van der Waals surface area contributed by atoms with Gasteiger partial charge in [0.1, 0.15) is 17.2 Å². The molecule has 0 aromatic heterocycles. The van der Waals surface area contributed by atoms with Crippen LogP contribution in [0.3, 0.4) is 0 Å². The van der Waals surface area contributed by atoms with E-state index in [0.29, 0.717) is 22.6 Å². The van der Waals surface area contributed by atoms with Gasteiger partial charge in [-0.2, -0.15) is 0 Å². The van der Waals surface area contributed by atoms with Crippen molar-refractivity contribution in [2.45, 2.75) is 29.2 Å². The van der Waals surface area contributed by atoms with E-state index >= 15 is 0 Å². The number of aromatic hydroxyl groups is 1. The number of aryl methyl sites for hydroxylation is 2. The molecule has 0 saturated heterocycles. The van der Waals surface area contributed by atoms with E-state index in [9.17, 15) is 18.3 Å². The molecule has 1 aliphatic heterocycles. The zero-order valence-electron chi connectivity index (χ0n) is 22.4. The van der Waals surface area contributed by atoms with Gasteiger partial charge >= 0.3 is 5.97 Å². The molecule has 204 valence electrons. The van der Waals surface area contributed by atoms with Crippen molar-refractivity contribution in [1.82, 2.24) is 0 Å². The monoisotopic (exact) mass is 562 g/mol. The number of esters is 1. The fraction of sp³-hybridized carbons (Fsp3) is 0.0882. The highest BCUT2D eigenvalue weighted by Crippen LogP contribution is 2.48. The highest BCUT2D eigenvalue weighted by Gasteiger charge is 2.48. The van der Waals surface area contributed by atoms with Crippen LogP contribution >= 0.6 is 0 Å². The number of benzene rings is 5. The first-order valence-corrected chi connectivity index (χ1v) is 14.5. The summed E-state index contributed by atoms with van der Waals surface area (Å²) in [6.07, 6.45) is 0. The zero-order valence-corrected chi connectivity index (χ0v) is 23.2. The fourth-order valence-electron chi connectivity index (χ4n) is 5.22. The third-order valence-corrected chi connectivity index (χ3v) is 9.16. The molecule has 6 nitrogen and oxygen atoms in total. The number of ether oxygens (including phenoxy) is 2. The van der Waals surface area contributed by atoms with Gasteiger partial charge in [-0.3, -0.25) is 0 Å². The summed E-state index contributed by atoms with van der Waals surface area (Å²) in [6, 6.07) is 32.7. The van der Waals surface area contributed by atoms with Crippen molar-refractivity contribution in [3.8, 4) is 17.2 Å². The summed E-state index contributed by atoms with van der Waals surface area (Å²) in [5.41, 5.74) is 2.91. The van der Waals surface area contributed by atoms with Crippen molar-refractivity contribution in [3.63, 3.8) is 0 Å². The lowest BCUT2D eigenvalue weighted by atomic mass is 9.79. The smallest absolute Gasteiger partial charge is 0.340 e. The third kappa shape index (κ3) is 4.44. The molecule has 6 rings (SSSR count). The van der Waals surface area contributed by atoms with Crippen molar-refractivity contribution < 1.29 is 27.8 Å². The van der Waals surface area contributed by atoms with Gasteiger partial charge in [0.05, 0.1) is 15.4 Å². The second-order valence-electron chi connectivity index (χ2n) is 9.99. The molecular formula is C34H26O6S. The highest BCUT2D eigenvalue weighted by molar-refractivity contribution is 7.91. The number of hydrogen-bond acceptors (Lipinski definition) is 6. The highest BCUT2D eigenvalue weighted by atomic mass is 32.2. The van der Waals surface area contributed by atoms with E-state index in [1.807, 2.05) is 43.3 Å². The van der Waals surface area contributed by atoms with Crippen molar-refractivity contribution in [2.24, 2.45) is 0 Å². The lowest BCUT2D eigenvalue weighted by molar-refractivity contribution is 0.0251. The number of carbonyl (C=O) groups excluding carboxylic acids is 1. The maximum atomic E-state index is 13.0. The van der Waals surface area contributed by atoms with Gasteiger partial charge in [-0.05, 0) is 91.7 Å². The Morgan fingerprint density at radius 3 is 2.00 bits per heavy atom. The molecule has 1 unspecified atom stereocenters. The summed E-state index contributed by atoms with van der Waals surface area (Å²) in [6.45, 7) is 3.69. The normalized spacial score (nSPS) is 16.2. The first-order chi connectivity index (χ1) is 19.7. The second-order valence-corrected chi connectivity index (χ2v) is 11.9. The van der Waals surface area contributed by atoms with Crippen LogP contribution in [0.25, 0.3) is 0 Å². The molecule has 1 heterocycles. The second kappa shape index (κ2) is 9.94. The molecule has 5 aromatic carbocycles. The van der Waals surface area contributed by atoms with Crippen LogP contribution in [0, 0.1) is 13.8 Å². The van der Waals surface area contributed by atoms with Gasteiger partial charge in [-0.25, -0.2) is 13.2 Å². The molecule has 0 radical (unpaired) electrons. The summed E-state index contributed by atoms with van der Waals surface area (Å²) in [7, 11) is -3.63. The van der Waals surface area contributed by atoms with E-state index < -0.39 is 21.4 Å². The molecule has 1 aliphatic rings. The van der Waals surface area contributed by atoms with Crippen molar-refractivity contribution >= 4 is 15.8 Å². The molecule has 41 heavy (non-hydrogen) atoms. The van der Waals surface area contributed by atoms with Gasteiger partial charge in [0.15, 0.2) is 5.60 Å². The first kappa shape index (κ1) is 26.3. The van der Waals surface area contributed by atoms with E-state index in [-0.39, 0.29) is 15.5 Å². The number of phenolic OH excluding ortho intramolecular Hbond substituents is 1. The van der Waals surface area contributed by atoms with Crippen LogP contribution in [0.4, 0.5) is 0 Å². The number of rotatable bonds is 6. The quantitative estimate of drug-likeness (QED) is 0.222. The number of cyclic esters (lactones) is 1.